The van der Waals surface area contributed by atoms with Gasteiger partial charge >= 0.3 is 6.18 Å². The molecule has 0 aliphatic carbocycles. The summed E-state index contributed by atoms with van der Waals surface area (Å²) in [5, 5.41) is 16.5. The molecule has 0 amide bonds. The molecule has 1 atom stereocenters. The fourth-order valence-corrected chi connectivity index (χ4v) is 1.68. The molecule has 0 radical (unpaired) electrons. The van der Waals surface area contributed by atoms with Gasteiger partial charge in [-0.25, -0.2) is 0 Å². The molecule has 0 aliphatic rings. The molecule has 1 unspecified atom stereocenters. The van der Waals surface area contributed by atoms with Crippen LogP contribution in [0.5, 0.6) is 0 Å². The molecular formula is C13H13F3N2O2. The van der Waals surface area contributed by atoms with Gasteiger partial charge in [-0.3, -0.25) is 0 Å². The van der Waals surface area contributed by atoms with E-state index in [0.717, 1.165) is 12.1 Å². The van der Waals surface area contributed by atoms with Crippen molar-refractivity contribution in [1.29, 1.82) is 0 Å². The van der Waals surface area contributed by atoms with E-state index in [4.69, 9.17) is 0 Å². The van der Waals surface area contributed by atoms with Crippen LogP contribution in [-0.2, 0) is 12.7 Å². The molecule has 0 spiro atoms. The van der Waals surface area contributed by atoms with Gasteiger partial charge in [0.1, 0.15) is 6.26 Å². The molecule has 7 heteroatoms. The van der Waals surface area contributed by atoms with E-state index in [2.05, 4.69) is 15.0 Å². The zero-order valence-electron chi connectivity index (χ0n) is 10.4. The molecule has 0 saturated carbocycles. The summed E-state index contributed by atoms with van der Waals surface area (Å²) in [7, 11) is 0. The highest BCUT2D eigenvalue weighted by Crippen LogP contribution is 2.29. The van der Waals surface area contributed by atoms with Gasteiger partial charge in [0, 0.05) is 19.2 Å². The Morgan fingerprint density at radius 2 is 1.90 bits per heavy atom. The normalized spacial score (nSPS) is 13.4. The van der Waals surface area contributed by atoms with E-state index in [-0.39, 0.29) is 6.54 Å². The second-order valence-corrected chi connectivity index (χ2v) is 4.26. The number of hydrogen-bond acceptors (Lipinski definition) is 4. The highest BCUT2D eigenvalue weighted by atomic mass is 19.4. The lowest BCUT2D eigenvalue weighted by molar-refractivity contribution is -0.137. The topological polar surface area (TPSA) is 58.3 Å². The van der Waals surface area contributed by atoms with Crippen molar-refractivity contribution in [3.8, 4) is 0 Å². The Labute approximate surface area is 113 Å². The number of hydrogen-bond donors (Lipinski definition) is 2. The Morgan fingerprint density at radius 3 is 2.45 bits per heavy atom. The maximum atomic E-state index is 12.4. The van der Waals surface area contributed by atoms with Crippen LogP contribution in [0.3, 0.4) is 0 Å². The Morgan fingerprint density at radius 1 is 1.20 bits per heavy atom. The van der Waals surface area contributed by atoms with Gasteiger partial charge in [-0.15, -0.1) is 0 Å². The van der Waals surface area contributed by atoms with Crippen LogP contribution in [0.15, 0.2) is 41.1 Å². The average molecular weight is 286 g/mol. The van der Waals surface area contributed by atoms with Crippen LogP contribution in [-0.4, -0.2) is 16.8 Å². The zero-order chi connectivity index (χ0) is 14.6. The predicted molar refractivity (Wildman–Crippen MR) is 64.6 cm³/mol. The van der Waals surface area contributed by atoms with E-state index >= 15 is 0 Å². The molecule has 0 fully saturated rings. The van der Waals surface area contributed by atoms with Gasteiger partial charge in [-0.2, -0.15) is 13.2 Å². The summed E-state index contributed by atoms with van der Waals surface area (Å²) in [6.45, 7) is 0.617. The molecule has 1 heterocycles. The van der Waals surface area contributed by atoms with Crippen molar-refractivity contribution in [1.82, 2.24) is 10.5 Å². The van der Waals surface area contributed by atoms with Crippen LogP contribution in [0.25, 0.3) is 0 Å². The number of nitrogens with zero attached hydrogens (tertiary/aromatic N) is 1. The molecule has 20 heavy (non-hydrogen) atoms. The number of nitrogens with one attached hydrogen (secondary N) is 1. The third-order valence-electron chi connectivity index (χ3n) is 2.76. The first-order valence-corrected chi connectivity index (χ1v) is 5.92. The summed E-state index contributed by atoms with van der Waals surface area (Å²) in [6.07, 6.45) is -3.82. The summed E-state index contributed by atoms with van der Waals surface area (Å²) < 4.78 is 41.8. The Kier molecular flexibility index (Phi) is 4.41. The molecular weight excluding hydrogens is 273 g/mol. The largest absolute Gasteiger partial charge is 0.416 e. The van der Waals surface area contributed by atoms with E-state index in [1.54, 1.807) is 6.07 Å². The minimum absolute atomic E-state index is 0.207. The van der Waals surface area contributed by atoms with Gasteiger partial charge in [0.2, 0.25) is 0 Å². The van der Waals surface area contributed by atoms with E-state index in [1.807, 2.05) is 0 Å². The van der Waals surface area contributed by atoms with Gasteiger partial charge in [-0.05, 0) is 17.7 Å². The fraction of sp³-hybridized carbons (Fsp3) is 0.308. The van der Waals surface area contributed by atoms with Crippen molar-refractivity contribution in [3.05, 3.63) is 53.4 Å². The minimum atomic E-state index is -4.37. The molecule has 108 valence electrons. The quantitative estimate of drug-likeness (QED) is 0.886. The van der Waals surface area contributed by atoms with Crippen LogP contribution < -0.4 is 5.32 Å². The molecule has 1 aromatic carbocycles. The van der Waals surface area contributed by atoms with Crippen molar-refractivity contribution in [3.63, 3.8) is 0 Å². The molecule has 2 N–H and O–H groups in total. The SMILES string of the molecule is OC(CNCc1ccon1)c1ccc(C(F)(F)F)cc1. The van der Waals surface area contributed by atoms with E-state index < -0.39 is 17.8 Å². The first-order valence-electron chi connectivity index (χ1n) is 5.92. The smallest absolute Gasteiger partial charge is 0.387 e. The number of rotatable bonds is 5. The Hall–Kier alpha value is -1.86. The number of aromatic nitrogens is 1. The van der Waals surface area contributed by atoms with E-state index in [0.29, 0.717) is 17.8 Å². The van der Waals surface area contributed by atoms with Crippen molar-refractivity contribution >= 4 is 0 Å². The highest BCUT2D eigenvalue weighted by Gasteiger charge is 2.30. The third kappa shape index (κ3) is 3.82. The maximum absolute atomic E-state index is 12.4. The number of aliphatic hydroxyl groups is 1. The summed E-state index contributed by atoms with van der Waals surface area (Å²) in [6, 6.07) is 6.13. The standard InChI is InChI=1S/C13H13F3N2O2/c14-13(15,16)10-3-1-9(2-4-10)12(19)8-17-7-11-5-6-20-18-11/h1-6,12,17,19H,7-8H2. The Balaban J connectivity index is 1.87. The van der Waals surface area contributed by atoms with Gasteiger partial charge in [-0.1, -0.05) is 17.3 Å². The summed E-state index contributed by atoms with van der Waals surface area (Å²) in [5.41, 5.74) is 0.374. The number of benzene rings is 1. The van der Waals surface area contributed by atoms with Crippen LogP contribution in [0.4, 0.5) is 13.2 Å². The van der Waals surface area contributed by atoms with Crippen molar-refractivity contribution in [2.24, 2.45) is 0 Å². The lowest BCUT2D eigenvalue weighted by Crippen LogP contribution is -2.21. The average Bonchev–Trinajstić information content (AvgIpc) is 2.91. The first-order chi connectivity index (χ1) is 9.47. The molecule has 1 aromatic heterocycles. The van der Waals surface area contributed by atoms with E-state index in [9.17, 15) is 18.3 Å². The first kappa shape index (κ1) is 14.5. The Bertz CT molecular complexity index is 524. The molecule has 0 saturated heterocycles. The van der Waals surface area contributed by atoms with Gasteiger partial charge in [0.05, 0.1) is 17.4 Å². The van der Waals surface area contributed by atoms with E-state index in [1.165, 1.54) is 18.4 Å². The lowest BCUT2D eigenvalue weighted by atomic mass is 10.1. The molecule has 0 bridgehead atoms. The summed E-state index contributed by atoms with van der Waals surface area (Å²) >= 11 is 0. The predicted octanol–water partition coefficient (Wildman–Crippen LogP) is 2.52. The third-order valence-corrected chi connectivity index (χ3v) is 2.76. The second kappa shape index (κ2) is 6.06. The molecule has 4 nitrogen and oxygen atoms in total. The monoisotopic (exact) mass is 286 g/mol. The molecule has 0 aliphatic heterocycles. The van der Waals surface area contributed by atoms with Gasteiger partial charge in [0.25, 0.3) is 0 Å². The fourth-order valence-electron chi connectivity index (χ4n) is 1.68. The molecule has 2 rings (SSSR count). The highest BCUT2D eigenvalue weighted by molar-refractivity contribution is 5.26. The van der Waals surface area contributed by atoms with Crippen molar-refractivity contribution in [2.45, 2.75) is 18.8 Å². The molecule has 2 aromatic rings. The van der Waals surface area contributed by atoms with Crippen molar-refractivity contribution in [2.75, 3.05) is 6.54 Å². The second-order valence-electron chi connectivity index (χ2n) is 4.26. The lowest BCUT2D eigenvalue weighted by Gasteiger charge is -2.13. The van der Waals surface area contributed by atoms with Crippen molar-refractivity contribution < 1.29 is 22.8 Å². The van der Waals surface area contributed by atoms with Gasteiger partial charge in [0.15, 0.2) is 0 Å². The maximum Gasteiger partial charge on any atom is 0.416 e. The minimum Gasteiger partial charge on any atom is -0.387 e. The van der Waals surface area contributed by atoms with Crippen LogP contribution in [0, 0.1) is 0 Å². The van der Waals surface area contributed by atoms with Crippen LogP contribution in [0.1, 0.15) is 22.9 Å². The zero-order valence-corrected chi connectivity index (χ0v) is 10.4. The van der Waals surface area contributed by atoms with Gasteiger partial charge < -0.3 is 14.9 Å². The number of halogens is 3. The van der Waals surface area contributed by atoms with Crippen LogP contribution >= 0.6 is 0 Å². The summed E-state index contributed by atoms with van der Waals surface area (Å²) in [4.78, 5) is 0. The number of aliphatic hydroxyl groups excluding tert-OH is 1. The van der Waals surface area contributed by atoms with Crippen LogP contribution in [0.2, 0.25) is 0 Å². The number of alkyl halides is 3. The summed E-state index contributed by atoms with van der Waals surface area (Å²) in [5.74, 6) is 0.